The van der Waals surface area contributed by atoms with Gasteiger partial charge in [-0.25, -0.2) is 0 Å². The van der Waals surface area contributed by atoms with Crippen LogP contribution in [0.4, 0.5) is 0 Å². The van der Waals surface area contributed by atoms with Gasteiger partial charge in [0, 0.05) is 24.7 Å². The Morgan fingerprint density at radius 3 is 2.62 bits per heavy atom. The molecule has 1 unspecified atom stereocenters. The molecule has 0 radical (unpaired) electrons. The fourth-order valence-electron chi connectivity index (χ4n) is 3.10. The van der Waals surface area contributed by atoms with Crippen LogP contribution in [0.25, 0.3) is 0 Å². The lowest BCUT2D eigenvalue weighted by atomic mass is 9.95. The fourth-order valence-corrected chi connectivity index (χ4v) is 3.10. The number of rotatable bonds is 6. The Morgan fingerprint density at radius 2 is 2.19 bits per heavy atom. The lowest BCUT2D eigenvalue weighted by molar-refractivity contribution is 0.0906. The second-order valence-electron chi connectivity index (χ2n) is 5.69. The molecule has 2 fully saturated rings. The molecule has 1 aliphatic heterocycles. The first-order valence-corrected chi connectivity index (χ1v) is 6.87. The van der Waals surface area contributed by atoms with Crippen molar-refractivity contribution in [3.8, 4) is 0 Å². The summed E-state index contributed by atoms with van der Waals surface area (Å²) in [6.07, 6.45) is 6.67. The number of nitrogens with zero attached hydrogens (tertiary/aromatic N) is 2. The summed E-state index contributed by atoms with van der Waals surface area (Å²) in [5.74, 6) is 0. The molecule has 1 heterocycles. The average molecular weight is 225 g/mol. The molecule has 0 aromatic heterocycles. The van der Waals surface area contributed by atoms with Crippen molar-refractivity contribution in [2.75, 3.05) is 33.2 Å². The fraction of sp³-hybridized carbons (Fsp3) is 1.00. The highest BCUT2D eigenvalue weighted by atomic mass is 15.3. The van der Waals surface area contributed by atoms with Gasteiger partial charge < -0.3 is 10.6 Å². The molecule has 2 N–H and O–H groups in total. The molecule has 16 heavy (non-hydrogen) atoms. The van der Waals surface area contributed by atoms with E-state index < -0.39 is 0 Å². The third-order valence-electron chi connectivity index (χ3n) is 4.25. The largest absolute Gasteiger partial charge is 0.329 e. The van der Waals surface area contributed by atoms with E-state index in [1.165, 1.54) is 51.7 Å². The van der Waals surface area contributed by atoms with Crippen LogP contribution in [0.1, 0.15) is 39.0 Å². The number of likely N-dealkylation sites (tertiary alicyclic amines) is 1. The summed E-state index contributed by atoms with van der Waals surface area (Å²) >= 11 is 0. The van der Waals surface area contributed by atoms with Crippen LogP contribution in [-0.2, 0) is 0 Å². The Morgan fingerprint density at radius 1 is 1.44 bits per heavy atom. The third kappa shape index (κ3) is 2.41. The van der Waals surface area contributed by atoms with Crippen molar-refractivity contribution in [2.45, 2.75) is 50.6 Å². The van der Waals surface area contributed by atoms with Gasteiger partial charge in [-0.3, -0.25) is 4.90 Å². The van der Waals surface area contributed by atoms with Crippen LogP contribution < -0.4 is 5.73 Å². The summed E-state index contributed by atoms with van der Waals surface area (Å²) < 4.78 is 0. The van der Waals surface area contributed by atoms with Gasteiger partial charge in [0.05, 0.1) is 0 Å². The predicted octanol–water partition coefficient (Wildman–Crippen LogP) is 1.28. The summed E-state index contributed by atoms with van der Waals surface area (Å²) in [4.78, 5) is 5.19. The Labute approximate surface area is 100.0 Å². The molecule has 0 spiro atoms. The smallest absolute Gasteiger partial charge is 0.0473 e. The van der Waals surface area contributed by atoms with Gasteiger partial charge in [0.1, 0.15) is 0 Å². The Hall–Kier alpha value is -0.120. The molecule has 1 saturated carbocycles. The van der Waals surface area contributed by atoms with E-state index in [1.807, 2.05) is 0 Å². The highest BCUT2D eigenvalue weighted by molar-refractivity contribution is 5.04. The molecule has 94 valence electrons. The zero-order valence-electron chi connectivity index (χ0n) is 10.9. The van der Waals surface area contributed by atoms with Crippen molar-refractivity contribution in [2.24, 2.45) is 5.73 Å². The van der Waals surface area contributed by atoms with Gasteiger partial charge >= 0.3 is 0 Å². The van der Waals surface area contributed by atoms with Gasteiger partial charge in [-0.05, 0) is 45.8 Å². The average Bonchev–Trinajstić information content (AvgIpc) is 3.04. The maximum Gasteiger partial charge on any atom is 0.0473 e. The molecule has 1 atom stereocenters. The first-order chi connectivity index (χ1) is 7.72. The second-order valence-corrected chi connectivity index (χ2v) is 5.69. The first kappa shape index (κ1) is 12.3. The van der Waals surface area contributed by atoms with E-state index in [2.05, 4.69) is 23.8 Å². The summed E-state index contributed by atoms with van der Waals surface area (Å²) in [6.45, 7) is 6.75. The Bertz CT molecular complexity index is 227. The van der Waals surface area contributed by atoms with Crippen LogP contribution in [0.15, 0.2) is 0 Å². The van der Waals surface area contributed by atoms with E-state index in [4.69, 9.17) is 5.73 Å². The maximum atomic E-state index is 6.10. The molecule has 1 aliphatic carbocycles. The molecule has 0 bridgehead atoms. The van der Waals surface area contributed by atoms with Crippen molar-refractivity contribution in [1.29, 1.82) is 0 Å². The molecule has 0 amide bonds. The van der Waals surface area contributed by atoms with E-state index in [1.54, 1.807) is 0 Å². The van der Waals surface area contributed by atoms with Crippen molar-refractivity contribution >= 4 is 0 Å². The molecule has 0 aromatic rings. The second kappa shape index (κ2) is 5.03. The van der Waals surface area contributed by atoms with Gasteiger partial charge in [-0.2, -0.15) is 0 Å². The number of likely N-dealkylation sites (N-methyl/N-ethyl adjacent to an activating group) is 1. The van der Waals surface area contributed by atoms with E-state index in [9.17, 15) is 0 Å². The molecular weight excluding hydrogens is 198 g/mol. The number of unbranched alkanes of at least 4 members (excludes halogenated alkanes) is 1. The SMILES string of the molecule is CCCCN(C1CC1)C1(CN)CCN(C)C1. The normalized spacial score (nSPS) is 31.5. The molecule has 0 aromatic carbocycles. The molecule has 3 heteroatoms. The zero-order chi connectivity index (χ0) is 11.6. The number of hydrogen-bond acceptors (Lipinski definition) is 3. The topological polar surface area (TPSA) is 32.5 Å². The highest BCUT2D eigenvalue weighted by Crippen LogP contribution is 2.37. The summed E-state index contributed by atoms with van der Waals surface area (Å²) in [6, 6.07) is 0.849. The van der Waals surface area contributed by atoms with E-state index in [0.717, 1.165) is 12.6 Å². The minimum Gasteiger partial charge on any atom is -0.329 e. The summed E-state index contributed by atoms with van der Waals surface area (Å²) in [5, 5.41) is 0. The minimum absolute atomic E-state index is 0.297. The van der Waals surface area contributed by atoms with Crippen LogP contribution in [-0.4, -0.2) is 54.6 Å². The number of nitrogens with two attached hydrogens (primary N) is 1. The van der Waals surface area contributed by atoms with Gasteiger partial charge in [0.15, 0.2) is 0 Å². The molecule has 3 nitrogen and oxygen atoms in total. The van der Waals surface area contributed by atoms with Crippen LogP contribution in [0.5, 0.6) is 0 Å². The molecule has 2 aliphatic rings. The third-order valence-corrected chi connectivity index (χ3v) is 4.25. The number of hydrogen-bond donors (Lipinski definition) is 1. The molecule has 1 saturated heterocycles. The standard InChI is InChI=1S/C13H27N3/c1-3-4-8-16(12-5-6-12)13(10-14)7-9-15(2)11-13/h12H,3-11,14H2,1-2H3. The Balaban J connectivity index is 2.03. The molecule has 2 rings (SSSR count). The van der Waals surface area contributed by atoms with Crippen molar-refractivity contribution < 1.29 is 0 Å². The first-order valence-electron chi connectivity index (χ1n) is 6.87. The summed E-state index contributed by atoms with van der Waals surface area (Å²) in [7, 11) is 2.22. The van der Waals surface area contributed by atoms with Gasteiger partial charge in [-0.1, -0.05) is 13.3 Å². The van der Waals surface area contributed by atoms with Crippen LogP contribution in [0.3, 0.4) is 0 Å². The zero-order valence-corrected chi connectivity index (χ0v) is 10.9. The maximum absolute atomic E-state index is 6.10. The predicted molar refractivity (Wildman–Crippen MR) is 68.5 cm³/mol. The van der Waals surface area contributed by atoms with Crippen molar-refractivity contribution in [3.63, 3.8) is 0 Å². The quantitative estimate of drug-likeness (QED) is 0.739. The molecular formula is C13H27N3. The highest BCUT2D eigenvalue weighted by Gasteiger charge is 2.46. The van der Waals surface area contributed by atoms with Crippen LogP contribution in [0, 0.1) is 0 Å². The minimum atomic E-state index is 0.297. The monoisotopic (exact) mass is 225 g/mol. The lowest BCUT2D eigenvalue weighted by Crippen LogP contribution is -2.56. The van der Waals surface area contributed by atoms with Gasteiger partial charge in [0.25, 0.3) is 0 Å². The Kier molecular flexibility index (Phi) is 3.88. The lowest BCUT2D eigenvalue weighted by Gasteiger charge is -2.41. The summed E-state index contributed by atoms with van der Waals surface area (Å²) in [5.41, 5.74) is 6.40. The van der Waals surface area contributed by atoms with E-state index >= 15 is 0 Å². The van der Waals surface area contributed by atoms with Crippen LogP contribution >= 0.6 is 0 Å². The van der Waals surface area contributed by atoms with Gasteiger partial charge in [-0.15, -0.1) is 0 Å². The van der Waals surface area contributed by atoms with Gasteiger partial charge in [0.2, 0.25) is 0 Å². The van der Waals surface area contributed by atoms with Crippen molar-refractivity contribution in [3.05, 3.63) is 0 Å². The van der Waals surface area contributed by atoms with Crippen molar-refractivity contribution in [1.82, 2.24) is 9.80 Å². The van der Waals surface area contributed by atoms with E-state index in [-0.39, 0.29) is 0 Å². The van der Waals surface area contributed by atoms with Crippen LogP contribution in [0.2, 0.25) is 0 Å². The van der Waals surface area contributed by atoms with E-state index in [0.29, 0.717) is 5.54 Å².